The largest absolute Gasteiger partial charge is 0.497 e. The van der Waals surface area contributed by atoms with Crippen molar-refractivity contribution in [1.82, 2.24) is 5.32 Å². The summed E-state index contributed by atoms with van der Waals surface area (Å²) in [7, 11) is 1.68. The molecule has 0 aliphatic heterocycles. The van der Waals surface area contributed by atoms with Gasteiger partial charge in [-0.2, -0.15) is 0 Å². The molecule has 0 aliphatic carbocycles. The van der Waals surface area contributed by atoms with Crippen LogP contribution in [0.25, 0.3) is 0 Å². The molecule has 0 spiro atoms. The van der Waals surface area contributed by atoms with E-state index in [1.165, 1.54) is 0 Å². The maximum Gasteiger partial charge on any atom is 0.119 e. The second-order valence-corrected chi connectivity index (χ2v) is 4.86. The molecule has 0 fully saturated rings. The average molecular weight is 281 g/mol. The third-order valence-corrected chi connectivity index (χ3v) is 2.90. The van der Waals surface area contributed by atoms with Gasteiger partial charge in [0.05, 0.1) is 32.5 Å². The molecule has 0 aliphatic rings. The molecule has 0 amide bonds. The summed E-state index contributed by atoms with van der Waals surface area (Å²) in [6.07, 6.45) is 0.253. The lowest BCUT2D eigenvalue weighted by atomic mass is 10.1. The first kappa shape index (κ1) is 17.0. The van der Waals surface area contributed by atoms with Crippen LogP contribution in [0.2, 0.25) is 0 Å². The minimum atomic E-state index is 0.0146. The molecule has 0 aromatic heterocycles. The molecule has 1 unspecified atom stereocenters. The van der Waals surface area contributed by atoms with E-state index >= 15 is 0 Å². The van der Waals surface area contributed by atoms with Crippen LogP contribution in [0, 0.1) is 0 Å². The zero-order valence-electron chi connectivity index (χ0n) is 13.0. The Morgan fingerprint density at radius 3 is 2.55 bits per heavy atom. The van der Waals surface area contributed by atoms with Gasteiger partial charge < -0.3 is 19.5 Å². The first-order chi connectivity index (χ1) is 9.67. The van der Waals surface area contributed by atoms with Crippen molar-refractivity contribution in [2.24, 2.45) is 0 Å². The maximum atomic E-state index is 5.94. The summed E-state index contributed by atoms with van der Waals surface area (Å²) >= 11 is 0. The summed E-state index contributed by atoms with van der Waals surface area (Å²) in [5, 5.41) is 3.33. The first-order valence-electron chi connectivity index (χ1n) is 7.25. The van der Waals surface area contributed by atoms with Gasteiger partial charge >= 0.3 is 0 Å². The first-order valence-corrected chi connectivity index (χ1v) is 7.25. The minimum Gasteiger partial charge on any atom is -0.497 e. The average Bonchev–Trinajstić information content (AvgIpc) is 2.46. The third-order valence-electron chi connectivity index (χ3n) is 2.90. The van der Waals surface area contributed by atoms with Crippen LogP contribution in [-0.2, 0) is 9.47 Å². The van der Waals surface area contributed by atoms with Gasteiger partial charge in [-0.1, -0.05) is 19.1 Å². The predicted octanol–water partition coefficient (Wildman–Crippen LogP) is 2.79. The molecule has 20 heavy (non-hydrogen) atoms. The molecule has 1 N–H and O–H groups in total. The van der Waals surface area contributed by atoms with Gasteiger partial charge in [0.15, 0.2) is 0 Å². The molecule has 0 heterocycles. The van der Waals surface area contributed by atoms with Gasteiger partial charge in [-0.25, -0.2) is 0 Å². The molecule has 114 valence electrons. The fourth-order valence-electron chi connectivity index (χ4n) is 1.86. The van der Waals surface area contributed by atoms with E-state index in [1.54, 1.807) is 7.11 Å². The Kier molecular flexibility index (Phi) is 8.26. The van der Waals surface area contributed by atoms with E-state index in [0.717, 1.165) is 24.4 Å². The molecule has 1 aromatic rings. The summed E-state index contributed by atoms with van der Waals surface area (Å²) < 4.78 is 16.7. The lowest BCUT2D eigenvalue weighted by Crippen LogP contribution is -2.24. The summed E-state index contributed by atoms with van der Waals surface area (Å²) in [5.74, 6) is 0.853. The van der Waals surface area contributed by atoms with Crippen molar-refractivity contribution >= 4 is 0 Å². The number of likely N-dealkylation sites (N-methyl/N-ethyl adjacent to an activating group) is 1. The van der Waals surface area contributed by atoms with E-state index in [1.807, 2.05) is 32.0 Å². The van der Waals surface area contributed by atoms with Crippen molar-refractivity contribution in [2.45, 2.75) is 33.0 Å². The Morgan fingerprint density at radius 1 is 1.15 bits per heavy atom. The van der Waals surface area contributed by atoms with Crippen LogP contribution in [0.1, 0.15) is 32.4 Å². The normalized spacial score (nSPS) is 12.7. The van der Waals surface area contributed by atoms with Crippen molar-refractivity contribution < 1.29 is 14.2 Å². The highest BCUT2D eigenvalue weighted by Gasteiger charge is 2.12. The van der Waals surface area contributed by atoms with Gasteiger partial charge in [0.1, 0.15) is 5.75 Å². The molecule has 0 saturated heterocycles. The Bertz CT molecular complexity index is 368. The molecule has 1 aromatic carbocycles. The highest BCUT2D eigenvalue weighted by Crippen LogP contribution is 2.21. The van der Waals surface area contributed by atoms with Crippen LogP contribution in [0.4, 0.5) is 0 Å². The number of benzene rings is 1. The van der Waals surface area contributed by atoms with Crippen LogP contribution in [0.3, 0.4) is 0 Å². The lowest BCUT2D eigenvalue weighted by Gasteiger charge is -2.20. The molecule has 1 atom stereocenters. The van der Waals surface area contributed by atoms with Crippen LogP contribution in [0.15, 0.2) is 24.3 Å². The Labute approximate surface area is 122 Å². The van der Waals surface area contributed by atoms with Crippen molar-refractivity contribution in [3.05, 3.63) is 29.8 Å². The highest BCUT2D eigenvalue weighted by atomic mass is 16.5. The molecule has 1 rings (SSSR count). The molecular formula is C16H27NO3. The number of methoxy groups -OCH3 is 1. The third kappa shape index (κ3) is 6.37. The SMILES string of the molecule is CCNCC(OCCOC(C)C)c1cccc(OC)c1. The van der Waals surface area contributed by atoms with E-state index in [-0.39, 0.29) is 12.2 Å². The maximum absolute atomic E-state index is 5.94. The van der Waals surface area contributed by atoms with Gasteiger partial charge in [0.2, 0.25) is 0 Å². The summed E-state index contributed by atoms with van der Waals surface area (Å²) in [5.41, 5.74) is 1.12. The number of ether oxygens (including phenoxy) is 3. The van der Waals surface area contributed by atoms with Crippen molar-refractivity contribution in [3.63, 3.8) is 0 Å². The fourth-order valence-corrected chi connectivity index (χ4v) is 1.86. The zero-order valence-corrected chi connectivity index (χ0v) is 13.0. The lowest BCUT2D eigenvalue weighted by molar-refractivity contribution is -0.0129. The van der Waals surface area contributed by atoms with Gasteiger partial charge in [0, 0.05) is 6.54 Å². The Hall–Kier alpha value is -1.10. The molecule has 4 nitrogen and oxygen atoms in total. The summed E-state index contributed by atoms with van der Waals surface area (Å²) in [6.45, 7) is 9.05. The Morgan fingerprint density at radius 2 is 1.90 bits per heavy atom. The minimum absolute atomic E-state index is 0.0146. The molecule has 0 radical (unpaired) electrons. The van der Waals surface area contributed by atoms with Crippen LogP contribution in [-0.4, -0.2) is 39.5 Å². The molecule has 4 heteroatoms. The van der Waals surface area contributed by atoms with E-state index < -0.39 is 0 Å². The van der Waals surface area contributed by atoms with Gasteiger partial charge in [-0.3, -0.25) is 0 Å². The second kappa shape index (κ2) is 9.75. The van der Waals surface area contributed by atoms with E-state index in [2.05, 4.69) is 18.3 Å². The number of hydrogen-bond donors (Lipinski definition) is 1. The summed E-state index contributed by atoms with van der Waals surface area (Å²) in [4.78, 5) is 0. The number of rotatable bonds is 10. The summed E-state index contributed by atoms with van der Waals surface area (Å²) in [6, 6.07) is 8.01. The smallest absolute Gasteiger partial charge is 0.119 e. The fraction of sp³-hybridized carbons (Fsp3) is 0.625. The number of nitrogens with one attached hydrogen (secondary N) is 1. The van der Waals surface area contributed by atoms with Crippen molar-refractivity contribution in [3.8, 4) is 5.75 Å². The van der Waals surface area contributed by atoms with Gasteiger partial charge in [-0.15, -0.1) is 0 Å². The monoisotopic (exact) mass is 281 g/mol. The van der Waals surface area contributed by atoms with Gasteiger partial charge in [-0.05, 0) is 38.1 Å². The highest BCUT2D eigenvalue weighted by molar-refractivity contribution is 5.30. The predicted molar refractivity (Wildman–Crippen MR) is 81.3 cm³/mol. The molecule has 0 bridgehead atoms. The van der Waals surface area contributed by atoms with E-state index in [0.29, 0.717) is 13.2 Å². The zero-order chi connectivity index (χ0) is 14.8. The van der Waals surface area contributed by atoms with Crippen LogP contribution >= 0.6 is 0 Å². The van der Waals surface area contributed by atoms with Crippen molar-refractivity contribution in [1.29, 1.82) is 0 Å². The van der Waals surface area contributed by atoms with Crippen LogP contribution < -0.4 is 10.1 Å². The quantitative estimate of drug-likeness (QED) is 0.669. The van der Waals surface area contributed by atoms with E-state index in [9.17, 15) is 0 Å². The number of hydrogen-bond acceptors (Lipinski definition) is 4. The van der Waals surface area contributed by atoms with E-state index in [4.69, 9.17) is 14.2 Å². The molecule has 0 saturated carbocycles. The second-order valence-electron chi connectivity index (χ2n) is 4.86. The molecular weight excluding hydrogens is 254 g/mol. The van der Waals surface area contributed by atoms with Crippen LogP contribution in [0.5, 0.6) is 5.75 Å². The van der Waals surface area contributed by atoms with Gasteiger partial charge in [0.25, 0.3) is 0 Å². The standard InChI is InChI=1S/C16H27NO3/c1-5-17-12-16(20-10-9-19-13(2)3)14-7-6-8-15(11-14)18-4/h6-8,11,13,16-17H,5,9-10,12H2,1-4H3. The van der Waals surface area contributed by atoms with Crippen molar-refractivity contribution in [2.75, 3.05) is 33.4 Å². The Balaban J connectivity index is 2.57. The topological polar surface area (TPSA) is 39.7 Å².